The number of aryl methyl sites for hydroxylation is 1. The lowest BCUT2D eigenvalue weighted by Gasteiger charge is -2.39. The zero-order chi connectivity index (χ0) is 13.9. The normalized spacial score (nSPS) is 26.3. The summed E-state index contributed by atoms with van der Waals surface area (Å²) in [5.74, 6) is 0.0774. The van der Waals surface area contributed by atoms with Crippen LogP contribution in [0.4, 0.5) is 0 Å². The quantitative estimate of drug-likeness (QED) is 0.847. The SMILES string of the molecule is CCC1=CC=CC(c2ccccc2CC)C1(O)CC. The van der Waals surface area contributed by atoms with E-state index in [0.717, 1.165) is 24.8 Å². The fourth-order valence-corrected chi connectivity index (χ4v) is 3.18. The number of hydrogen-bond donors (Lipinski definition) is 1. The Kier molecular flexibility index (Phi) is 4.26. The van der Waals surface area contributed by atoms with Crippen LogP contribution in [0.2, 0.25) is 0 Å². The molecule has 2 unspecified atom stereocenters. The van der Waals surface area contributed by atoms with Crippen LogP contribution in [0.15, 0.2) is 48.1 Å². The van der Waals surface area contributed by atoms with E-state index in [1.807, 2.05) is 0 Å². The van der Waals surface area contributed by atoms with Crippen molar-refractivity contribution in [1.82, 2.24) is 0 Å². The summed E-state index contributed by atoms with van der Waals surface area (Å²) in [5, 5.41) is 11.2. The predicted molar refractivity (Wildman–Crippen MR) is 81.3 cm³/mol. The molecule has 1 N–H and O–H groups in total. The molecule has 2 rings (SSSR count). The lowest BCUT2D eigenvalue weighted by atomic mass is 9.71. The molecule has 2 atom stereocenters. The first-order chi connectivity index (χ1) is 9.17. The molecule has 0 aromatic heterocycles. The first kappa shape index (κ1) is 14.1. The monoisotopic (exact) mass is 256 g/mol. The van der Waals surface area contributed by atoms with Crippen molar-refractivity contribution in [3.63, 3.8) is 0 Å². The molecule has 1 aliphatic rings. The van der Waals surface area contributed by atoms with Gasteiger partial charge in [-0.15, -0.1) is 0 Å². The van der Waals surface area contributed by atoms with Gasteiger partial charge in [-0.2, -0.15) is 0 Å². The van der Waals surface area contributed by atoms with Crippen LogP contribution in [-0.2, 0) is 6.42 Å². The van der Waals surface area contributed by atoms with Crippen molar-refractivity contribution in [1.29, 1.82) is 0 Å². The summed E-state index contributed by atoms with van der Waals surface area (Å²) in [6, 6.07) is 8.48. The molecule has 19 heavy (non-hydrogen) atoms. The van der Waals surface area contributed by atoms with Gasteiger partial charge in [0.05, 0.1) is 5.60 Å². The van der Waals surface area contributed by atoms with Crippen molar-refractivity contribution in [2.24, 2.45) is 0 Å². The number of aliphatic hydroxyl groups is 1. The molecule has 1 aromatic carbocycles. The Morgan fingerprint density at radius 1 is 1.11 bits per heavy atom. The van der Waals surface area contributed by atoms with Gasteiger partial charge in [0, 0.05) is 5.92 Å². The van der Waals surface area contributed by atoms with E-state index in [0.29, 0.717) is 0 Å². The Balaban J connectivity index is 2.49. The van der Waals surface area contributed by atoms with Gasteiger partial charge in [0.25, 0.3) is 0 Å². The zero-order valence-electron chi connectivity index (χ0n) is 12.2. The molecule has 0 amide bonds. The average molecular weight is 256 g/mol. The molecule has 0 saturated carbocycles. The van der Waals surface area contributed by atoms with Gasteiger partial charge in [0.2, 0.25) is 0 Å². The van der Waals surface area contributed by atoms with Gasteiger partial charge in [-0.3, -0.25) is 0 Å². The van der Waals surface area contributed by atoms with Crippen LogP contribution in [0.25, 0.3) is 0 Å². The highest BCUT2D eigenvalue weighted by molar-refractivity contribution is 5.43. The predicted octanol–water partition coefficient (Wildman–Crippen LogP) is 4.38. The van der Waals surface area contributed by atoms with Gasteiger partial charge >= 0.3 is 0 Å². The molecule has 0 bridgehead atoms. The summed E-state index contributed by atoms with van der Waals surface area (Å²) in [4.78, 5) is 0. The highest BCUT2D eigenvalue weighted by Gasteiger charge is 2.39. The van der Waals surface area contributed by atoms with Gasteiger partial charge in [0.15, 0.2) is 0 Å². The molecule has 1 nitrogen and oxygen atoms in total. The maximum atomic E-state index is 11.2. The van der Waals surface area contributed by atoms with E-state index in [4.69, 9.17) is 0 Å². The molecule has 0 saturated heterocycles. The highest BCUT2D eigenvalue weighted by atomic mass is 16.3. The maximum absolute atomic E-state index is 11.2. The van der Waals surface area contributed by atoms with E-state index in [1.165, 1.54) is 11.1 Å². The molecule has 0 heterocycles. The summed E-state index contributed by atoms with van der Waals surface area (Å²) >= 11 is 0. The first-order valence-electron chi connectivity index (χ1n) is 7.35. The number of hydrogen-bond acceptors (Lipinski definition) is 1. The molecular weight excluding hydrogens is 232 g/mol. The molecule has 1 heteroatoms. The van der Waals surface area contributed by atoms with Gasteiger partial charge < -0.3 is 5.11 Å². The van der Waals surface area contributed by atoms with Crippen LogP contribution in [0, 0.1) is 0 Å². The second-order valence-electron chi connectivity index (χ2n) is 5.24. The summed E-state index contributed by atoms with van der Waals surface area (Å²) in [5.41, 5.74) is 3.02. The number of allylic oxidation sites excluding steroid dienone is 2. The summed E-state index contributed by atoms with van der Waals surface area (Å²) in [6.45, 7) is 6.37. The van der Waals surface area contributed by atoms with Crippen LogP contribution in [0.3, 0.4) is 0 Å². The molecular formula is C18H24O. The standard InChI is InChI=1S/C18H24O/c1-4-14-10-7-8-12-16(14)17-13-9-11-15(5-2)18(17,19)6-3/h7-13,17,19H,4-6H2,1-3H3. The molecule has 0 fully saturated rings. The van der Waals surface area contributed by atoms with Crippen LogP contribution in [0.5, 0.6) is 0 Å². The lowest BCUT2D eigenvalue weighted by molar-refractivity contribution is 0.0546. The summed E-state index contributed by atoms with van der Waals surface area (Å²) in [7, 11) is 0. The van der Waals surface area contributed by atoms with Gasteiger partial charge in [-0.05, 0) is 36.0 Å². The largest absolute Gasteiger partial charge is 0.385 e. The molecule has 102 valence electrons. The average Bonchev–Trinajstić information content (AvgIpc) is 2.47. The third-order valence-electron chi connectivity index (χ3n) is 4.36. The van der Waals surface area contributed by atoms with E-state index in [-0.39, 0.29) is 5.92 Å². The van der Waals surface area contributed by atoms with Crippen LogP contribution in [0.1, 0.15) is 50.7 Å². The van der Waals surface area contributed by atoms with Crippen LogP contribution >= 0.6 is 0 Å². The van der Waals surface area contributed by atoms with Crippen molar-refractivity contribution in [3.8, 4) is 0 Å². The van der Waals surface area contributed by atoms with Crippen LogP contribution in [-0.4, -0.2) is 10.7 Å². The number of benzene rings is 1. The third kappa shape index (κ3) is 2.40. The van der Waals surface area contributed by atoms with Crippen molar-refractivity contribution in [3.05, 3.63) is 59.2 Å². The van der Waals surface area contributed by atoms with Crippen molar-refractivity contribution >= 4 is 0 Å². The first-order valence-corrected chi connectivity index (χ1v) is 7.35. The third-order valence-corrected chi connectivity index (χ3v) is 4.36. The highest BCUT2D eigenvalue weighted by Crippen LogP contribution is 2.42. The second kappa shape index (κ2) is 5.75. The smallest absolute Gasteiger partial charge is 0.0959 e. The minimum Gasteiger partial charge on any atom is -0.385 e. The Morgan fingerprint density at radius 2 is 1.84 bits per heavy atom. The van der Waals surface area contributed by atoms with E-state index in [2.05, 4.69) is 63.3 Å². The fourth-order valence-electron chi connectivity index (χ4n) is 3.18. The molecule has 1 aliphatic carbocycles. The van der Waals surface area contributed by atoms with E-state index >= 15 is 0 Å². The maximum Gasteiger partial charge on any atom is 0.0959 e. The van der Waals surface area contributed by atoms with Gasteiger partial charge in [0.1, 0.15) is 0 Å². The second-order valence-corrected chi connectivity index (χ2v) is 5.24. The fraction of sp³-hybridized carbons (Fsp3) is 0.444. The van der Waals surface area contributed by atoms with E-state index < -0.39 is 5.60 Å². The van der Waals surface area contributed by atoms with E-state index in [1.54, 1.807) is 0 Å². The van der Waals surface area contributed by atoms with Crippen molar-refractivity contribution in [2.75, 3.05) is 0 Å². The van der Waals surface area contributed by atoms with Crippen molar-refractivity contribution < 1.29 is 5.11 Å². The van der Waals surface area contributed by atoms with Crippen LogP contribution < -0.4 is 0 Å². The van der Waals surface area contributed by atoms with Crippen molar-refractivity contribution in [2.45, 2.75) is 51.6 Å². The molecule has 0 spiro atoms. The minimum absolute atomic E-state index is 0.0774. The lowest BCUT2D eigenvalue weighted by Crippen LogP contribution is -2.38. The zero-order valence-corrected chi connectivity index (χ0v) is 12.2. The molecule has 0 radical (unpaired) electrons. The van der Waals surface area contributed by atoms with Gasteiger partial charge in [-0.25, -0.2) is 0 Å². The number of rotatable bonds is 4. The topological polar surface area (TPSA) is 20.2 Å². The Hall–Kier alpha value is -1.34. The summed E-state index contributed by atoms with van der Waals surface area (Å²) < 4.78 is 0. The van der Waals surface area contributed by atoms with Gasteiger partial charge in [-0.1, -0.05) is 63.3 Å². The Morgan fingerprint density at radius 3 is 2.47 bits per heavy atom. The molecule has 0 aliphatic heterocycles. The molecule has 1 aromatic rings. The van der Waals surface area contributed by atoms with E-state index in [9.17, 15) is 5.11 Å². The Bertz CT molecular complexity index is 498. The minimum atomic E-state index is -0.727. The Labute approximate surface area is 116 Å². The summed E-state index contributed by atoms with van der Waals surface area (Å²) in [6.07, 6.45) is 8.98.